The predicted molar refractivity (Wildman–Crippen MR) is 189 cm³/mol. The molecule has 3 amide bonds. The SMILES string of the molecule is CNC1(c2ccccc2)CCC2(CC1)CN(CC(=O)NCCOCCOCCOCCOCCOCCOCCOC)C(=O)N2CC1CCC1. The van der Waals surface area contributed by atoms with Crippen LogP contribution in [-0.4, -0.2) is 154 Å². The number of carbonyl (C=O) groups excluding carboxylic acids is 2. The molecule has 1 aromatic carbocycles. The number of nitrogens with one attached hydrogen (secondary N) is 2. The van der Waals surface area contributed by atoms with Gasteiger partial charge in [-0.25, -0.2) is 4.79 Å². The van der Waals surface area contributed by atoms with E-state index in [0.29, 0.717) is 105 Å². The number of urea groups is 1. The van der Waals surface area contributed by atoms with Crippen molar-refractivity contribution in [2.24, 2.45) is 5.92 Å². The van der Waals surface area contributed by atoms with Crippen molar-refractivity contribution in [1.82, 2.24) is 20.4 Å². The molecule has 13 nitrogen and oxygen atoms in total. The molecule has 2 aliphatic carbocycles. The van der Waals surface area contributed by atoms with Crippen molar-refractivity contribution in [3.63, 3.8) is 0 Å². The standard InChI is InChI=1S/C37H62N4O9/c1-38-37(33-9-4-3-5-10-33)13-11-36(12-14-37)31-40(35(43)41(36)29-32-7-6-8-32)30-34(42)39-15-16-45-19-20-47-23-24-49-27-28-50-26-25-48-22-21-46-18-17-44-2/h3-5,9-10,32,38H,6-8,11-31H2,1-2H3,(H,39,42). The highest BCUT2D eigenvalue weighted by atomic mass is 16.6. The van der Waals surface area contributed by atoms with Crippen LogP contribution in [0.3, 0.4) is 0 Å². The van der Waals surface area contributed by atoms with Crippen LogP contribution in [0.2, 0.25) is 0 Å². The first-order valence-electron chi connectivity index (χ1n) is 18.5. The molecule has 13 heteroatoms. The smallest absolute Gasteiger partial charge is 0.321 e. The fourth-order valence-electron chi connectivity index (χ4n) is 7.06. The van der Waals surface area contributed by atoms with Crippen molar-refractivity contribution in [3.8, 4) is 0 Å². The second kappa shape index (κ2) is 22.5. The van der Waals surface area contributed by atoms with Gasteiger partial charge in [-0.2, -0.15) is 0 Å². The molecule has 1 aliphatic heterocycles. The minimum Gasteiger partial charge on any atom is -0.382 e. The molecule has 50 heavy (non-hydrogen) atoms. The van der Waals surface area contributed by atoms with Crippen molar-refractivity contribution in [3.05, 3.63) is 35.9 Å². The average Bonchev–Trinajstić information content (AvgIpc) is 3.36. The second-order valence-electron chi connectivity index (χ2n) is 13.5. The Morgan fingerprint density at radius 3 is 1.76 bits per heavy atom. The van der Waals surface area contributed by atoms with Gasteiger partial charge in [0, 0.05) is 32.3 Å². The van der Waals surface area contributed by atoms with Gasteiger partial charge in [-0.05, 0) is 57.1 Å². The molecule has 1 aromatic rings. The normalized spacial score (nSPS) is 22.4. The minimum absolute atomic E-state index is 0.00903. The van der Waals surface area contributed by atoms with Gasteiger partial charge in [-0.1, -0.05) is 36.8 Å². The summed E-state index contributed by atoms with van der Waals surface area (Å²) in [4.78, 5) is 30.5. The molecule has 1 spiro atoms. The first-order valence-corrected chi connectivity index (χ1v) is 18.5. The summed E-state index contributed by atoms with van der Waals surface area (Å²) < 4.78 is 37.8. The van der Waals surface area contributed by atoms with Crippen LogP contribution in [0, 0.1) is 5.92 Å². The zero-order valence-electron chi connectivity index (χ0n) is 30.5. The van der Waals surface area contributed by atoms with E-state index < -0.39 is 0 Å². The van der Waals surface area contributed by atoms with Crippen LogP contribution in [0.15, 0.2) is 30.3 Å². The van der Waals surface area contributed by atoms with Gasteiger partial charge in [0.15, 0.2) is 0 Å². The van der Waals surface area contributed by atoms with Crippen LogP contribution in [-0.2, 0) is 43.5 Å². The van der Waals surface area contributed by atoms with Gasteiger partial charge in [-0.3, -0.25) is 4.79 Å². The summed E-state index contributed by atoms with van der Waals surface area (Å²) in [6, 6.07) is 10.7. The van der Waals surface area contributed by atoms with Crippen molar-refractivity contribution >= 4 is 11.9 Å². The number of benzene rings is 1. The Kier molecular flexibility index (Phi) is 18.2. The molecule has 0 bridgehead atoms. The van der Waals surface area contributed by atoms with Gasteiger partial charge in [0.25, 0.3) is 0 Å². The van der Waals surface area contributed by atoms with E-state index in [4.69, 9.17) is 33.2 Å². The van der Waals surface area contributed by atoms with E-state index in [0.717, 1.165) is 32.2 Å². The Bertz CT molecular complexity index is 1090. The lowest BCUT2D eigenvalue weighted by Crippen LogP contribution is -2.56. The monoisotopic (exact) mass is 706 g/mol. The van der Waals surface area contributed by atoms with Crippen LogP contribution in [0.4, 0.5) is 4.79 Å². The van der Waals surface area contributed by atoms with E-state index in [-0.39, 0.29) is 29.6 Å². The molecule has 284 valence electrons. The molecule has 4 rings (SSSR count). The van der Waals surface area contributed by atoms with Crippen molar-refractivity contribution in [2.45, 2.75) is 56.0 Å². The lowest BCUT2D eigenvalue weighted by atomic mass is 9.68. The molecule has 3 aliphatic rings. The number of ether oxygens (including phenoxy) is 7. The molecule has 0 radical (unpaired) electrons. The van der Waals surface area contributed by atoms with Gasteiger partial charge in [0.2, 0.25) is 5.91 Å². The highest BCUT2D eigenvalue weighted by Gasteiger charge is 2.54. The Hall–Kier alpha value is -2.36. The van der Waals surface area contributed by atoms with Crippen LogP contribution in [0.1, 0.15) is 50.5 Å². The zero-order valence-corrected chi connectivity index (χ0v) is 30.5. The Morgan fingerprint density at radius 1 is 0.760 bits per heavy atom. The predicted octanol–water partition coefficient (Wildman–Crippen LogP) is 2.81. The maximum atomic E-state index is 13.7. The number of amides is 3. The lowest BCUT2D eigenvalue weighted by molar-refractivity contribution is -0.121. The summed E-state index contributed by atoms with van der Waals surface area (Å²) in [5, 5.41) is 6.55. The topological polar surface area (TPSA) is 129 Å². The van der Waals surface area contributed by atoms with Crippen LogP contribution in [0.5, 0.6) is 0 Å². The summed E-state index contributed by atoms with van der Waals surface area (Å²) in [6.45, 7) is 8.33. The third kappa shape index (κ3) is 12.7. The number of rotatable bonds is 27. The molecule has 1 heterocycles. The molecular weight excluding hydrogens is 644 g/mol. The number of hydrogen-bond acceptors (Lipinski definition) is 10. The second-order valence-corrected chi connectivity index (χ2v) is 13.5. The number of nitrogens with zero attached hydrogens (tertiary/aromatic N) is 2. The molecular formula is C37H62N4O9. The zero-order chi connectivity index (χ0) is 35.3. The largest absolute Gasteiger partial charge is 0.382 e. The summed E-state index contributed by atoms with van der Waals surface area (Å²) in [5.74, 6) is 0.419. The summed E-state index contributed by atoms with van der Waals surface area (Å²) >= 11 is 0. The molecule has 1 saturated heterocycles. The maximum absolute atomic E-state index is 13.7. The fourth-order valence-corrected chi connectivity index (χ4v) is 7.06. The molecule has 3 fully saturated rings. The number of methoxy groups -OCH3 is 1. The minimum atomic E-state index is -0.222. The summed E-state index contributed by atoms with van der Waals surface area (Å²) in [6.07, 6.45) is 7.35. The highest BCUT2D eigenvalue weighted by Crippen LogP contribution is 2.47. The third-order valence-corrected chi connectivity index (χ3v) is 10.3. The van der Waals surface area contributed by atoms with E-state index in [2.05, 4.69) is 45.9 Å². The van der Waals surface area contributed by atoms with Crippen molar-refractivity contribution in [1.29, 1.82) is 0 Å². The van der Waals surface area contributed by atoms with E-state index in [1.54, 1.807) is 12.0 Å². The van der Waals surface area contributed by atoms with E-state index in [1.807, 2.05) is 7.05 Å². The third-order valence-electron chi connectivity index (χ3n) is 10.3. The fraction of sp³-hybridized carbons (Fsp3) is 0.784. The maximum Gasteiger partial charge on any atom is 0.321 e. The highest BCUT2D eigenvalue weighted by molar-refractivity contribution is 5.86. The molecule has 0 aromatic heterocycles. The van der Waals surface area contributed by atoms with E-state index >= 15 is 0 Å². The molecule has 2 N–H and O–H groups in total. The Morgan fingerprint density at radius 2 is 1.28 bits per heavy atom. The lowest BCUT2D eigenvalue weighted by Gasteiger charge is -2.49. The first-order chi connectivity index (χ1) is 24.5. The molecule has 0 unspecified atom stereocenters. The first kappa shape index (κ1) is 40.4. The van der Waals surface area contributed by atoms with Crippen molar-refractivity contribution in [2.75, 3.05) is 126 Å². The summed E-state index contributed by atoms with van der Waals surface area (Å²) in [7, 11) is 3.69. The van der Waals surface area contributed by atoms with Crippen molar-refractivity contribution < 1.29 is 42.7 Å². The Labute approximate surface area is 298 Å². The van der Waals surface area contributed by atoms with Crippen LogP contribution in [0.25, 0.3) is 0 Å². The van der Waals surface area contributed by atoms with Crippen LogP contribution >= 0.6 is 0 Å². The van der Waals surface area contributed by atoms with Gasteiger partial charge >= 0.3 is 6.03 Å². The van der Waals surface area contributed by atoms with Gasteiger partial charge in [-0.15, -0.1) is 0 Å². The molecule has 0 atom stereocenters. The van der Waals surface area contributed by atoms with E-state index in [9.17, 15) is 9.59 Å². The average molecular weight is 707 g/mol. The van der Waals surface area contributed by atoms with Crippen LogP contribution < -0.4 is 10.6 Å². The van der Waals surface area contributed by atoms with E-state index in [1.165, 1.54) is 24.8 Å². The summed E-state index contributed by atoms with van der Waals surface area (Å²) in [5.41, 5.74) is 0.993. The molecule has 2 saturated carbocycles. The number of carbonyl (C=O) groups is 2. The quantitative estimate of drug-likeness (QED) is 0.132. The Balaban J connectivity index is 1.02. The van der Waals surface area contributed by atoms with Gasteiger partial charge in [0.05, 0.1) is 91.4 Å². The number of hydrogen-bond donors (Lipinski definition) is 2. The van der Waals surface area contributed by atoms with Gasteiger partial charge < -0.3 is 53.6 Å². The van der Waals surface area contributed by atoms with Gasteiger partial charge in [0.1, 0.15) is 6.54 Å².